The zero-order valence-corrected chi connectivity index (χ0v) is 19.4. The molecule has 0 aromatic rings. The Hall–Kier alpha value is -0.120. The fraction of sp³-hybridized carbons (Fsp3) is 1.00. The molecule has 3 nitrogen and oxygen atoms in total. The Morgan fingerprint density at radius 2 is 1.42 bits per heavy atom. The Kier molecular flexibility index (Phi) is 16.9. The van der Waals surface area contributed by atoms with Crippen LogP contribution >= 0.6 is 0 Å². The van der Waals surface area contributed by atoms with E-state index < -0.39 is 0 Å². The summed E-state index contributed by atoms with van der Waals surface area (Å²) in [5, 5.41) is 0. The van der Waals surface area contributed by atoms with Crippen LogP contribution < -0.4 is 0 Å². The Bertz CT molecular complexity index is 279. The second-order valence-electron chi connectivity index (χ2n) is 8.47. The highest BCUT2D eigenvalue weighted by molar-refractivity contribution is 4.77. The number of unbranched alkanes of at least 4 members (excludes halogenated alkanes) is 2. The van der Waals surface area contributed by atoms with Gasteiger partial charge in [0.25, 0.3) is 0 Å². The molecule has 3 heteroatoms. The Labute approximate surface area is 166 Å². The molecular weight excluding hydrogens is 318 g/mol. The van der Waals surface area contributed by atoms with Gasteiger partial charge in [0.05, 0.1) is 0 Å². The third kappa shape index (κ3) is 13.1. The van der Waals surface area contributed by atoms with Crippen LogP contribution in [-0.4, -0.2) is 74.1 Å². The normalized spacial score (nSPS) is 18.5. The SMILES string of the molecule is CCCC1CN(CC)C1.CCCCN(C)CC.CCCCN1CC(C)C1. The van der Waals surface area contributed by atoms with Gasteiger partial charge in [-0.15, -0.1) is 0 Å². The largest absolute Gasteiger partial charge is 0.307 e. The van der Waals surface area contributed by atoms with Crippen LogP contribution in [0.15, 0.2) is 0 Å². The summed E-state index contributed by atoms with van der Waals surface area (Å²) in [6, 6.07) is 0. The van der Waals surface area contributed by atoms with Gasteiger partial charge >= 0.3 is 0 Å². The van der Waals surface area contributed by atoms with E-state index in [2.05, 4.69) is 63.3 Å². The minimum atomic E-state index is 0.974. The van der Waals surface area contributed by atoms with Crippen molar-refractivity contribution in [2.75, 3.05) is 59.4 Å². The van der Waals surface area contributed by atoms with Gasteiger partial charge in [-0.25, -0.2) is 0 Å². The summed E-state index contributed by atoms with van der Waals surface area (Å²) in [6.07, 6.45) is 8.17. The van der Waals surface area contributed by atoms with Gasteiger partial charge in [-0.2, -0.15) is 0 Å². The molecule has 2 aliphatic rings. The van der Waals surface area contributed by atoms with Gasteiger partial charge in [-0.1, -0.05) is 60.8 Å². The van der Waals surface area contributed by atoms with Gasteiger partial charge in [0.2, 0.25) is 0 Å². The van der Waals surface area contributed by atoms with E-state index in [1.165, 1.54) is 90.9 Å². The second-order valence-corrected chi connectivity index (χ2v) is 8.47. The van der Waals surface area contributed by atoms with E-state index in [9.17, 15) is 0 Å². The second kappa shape index (κ2) is 17.0. The molecule has 0 radical (unpaired) electrons. The van der Waals surface area contributed by atoms with Crippen LogP contribution in [0.3, 0.4) is 0 Å². The minimum Gasteiger partial charge on any atom is -0.307 e. The lowest BCUT2D eigenvalue weighted by atomic mass is 9.95. The predicted molar refractivity (Wildman–Crippen MR) is 119 cm³/mol. The summed E-state index contributed by atoms with van der Waals surface area (Å²) in [5.41, 5.74) is 0. The molecule has 2 fully saturated rings. The Morgan fingerprint density at radius 1 is 0.808 bits per heavy atom. The van der Waals surface area contributed by atoms with Gasteiger partial charge in [0.1, 0.15) is 0 Å². The first-order chi connectivity index (χ1) is 12.5. The van der Waals surface area contributed by atoms with Crippen LogP contribution in [0, 0.1) is 11.8 Å². The van der Waals surface area contributed by atoms with Crippen LogP contribution in [0.2, 0.25) is 0 Å². The average molecular weight is 370 g/mol. The third-order valence-electron chi connectivity index (χ3n) is 5.58. The van der Waals surface area contributed by atoms with Crippen molar-refractivity contribution in [2.45, 2.75) is 80.1 Å². The fourth-order valence-corrected chi connectivity index (χ4v) is 3.50. The van der Waals surface area contributed by atoms with E-state index in [4.69, 9.17) is 0 Å². The van der Waals surface area contributed by atoms with Gasteiger partial charge in [0.15, 0.2) is 0 Å². The van der Waals surface area contributed by atoms with E-state index in [-0.39, 0.29) is 0 Å². The molecule has 0 unspecified atom stereocenters. The number of likely N-dealkylation sites (tertiary alicyclic amines) is 2. The van der Waals surface area contributed by atoms with Crippen molar-refractivity contribution in [3.05, 3.63) is 0 Å². The molecule has 0 atom stereocenters. The van der Waals surface area contributed by atoms with E-state index >= 15 is 0 Å². The summed E-state index contributed by atoms with van der Waals surface area (Å²) in [7, 11) is 2.16. The predicted octanol–water partition coefficient (Wildman–Crippen LogP) is 5.21. The Balaban J connectivity index is 0.000000362. The molecule has 0 spiro atoms. The zero-order valence-electron chi connectivity index (χ0n) is 19.4. The van der Waals surface area contributed by atoms with E-state index in [0.29, 0.717) is 0 Å². The molecule has 26 heavy (non-hydrogen) atoms. The third-order valence-corrected chi connectivity index (χ3v) is 5.58. The lowest BCUT2D eigenvalue weighted by Gasteiger charge is -2.38. The van der Waals surface area contributed by atoms with Gasteiger partial charge in [0, 0.05) is 26.2 Å². The van der Waals surface area contributed by atoms with Crippen LogP contribution in [0.25, 0.3) is 0 Å². The number of hydrogen-bond donors (Lipinski definition) is 0. The topological polar surface area (TPSA) is 9.72 Å². The standard InChI is InChI=1S/2C8H17N.C7H17N/c1-3-4-5-9-6-8(2)7-9;1-3-5-8-6-9(4-2)7-8;1-4-6-7-8(3)5-2/h2*8H,3-7H2,1-2H3;4-7H2,1-3H3. The van der Waals surface area contributed by atoms with Crippen LogP contribution in [0.5, 0.6) is 0 Å². The monoisotopic (exact) mass is 369 g/mol. The molecule has 0 aliphatic carbocycles. The highest BCUT2D eigenvalue weighted by Gasteiger charge is 2.23. The number of nitrogens with zero attached hydrogens (tertiary/aromatic N) is 3. The van der Waals surface area contributed by atoms with Crippen LogP contribution in [0.4, 0.5) is 0 Å². The first-order valence-corrected chi connectivity index (χ1v) is 11.6. The van der Waals surface area contributed by atoms with Gasteiger partial charge < -0.3 is 14.7 Å². The first kappa shape index (κ1) is 25.9. The maximum Gasteiger partial charge on any atom is 0.00219 e. The molecule has 2 rings (SSSR count). The molecule has 2 saturated heterocycles. The molecule has 0 amide bonds. The molecule has 0 aromatic carbocycles. The quantitative estimate of drug-likeness (QED) is 0.523. The van der Waals surface area contributed by atoms with Crippen molar-refractivity contribution < 1.29 is 0 Å². The highest BCUT2D eigenvalue weighted by Crippen LogP contribution is 2.19. The van der Waals surface area contributed by atoms with E-state index in [0.717, 1.165) is 11.8 Å². The lowest BCUT2D eigenvalue weighted by Crippen LogP contribution is -2.45. The zero-order chi connectivity index (χ0) is 19.8. The molecule has 0 N–H and O–H groups in total. The van der Waals surface area contributed by atoms with Crippen molar-refractivity contribution in [3.63, 3.8) is 0 Å². The summed E-state index contributed by atoms with van der Waals surface area (Å²) >= 11 is 0. The lowest BCUT2D eigenvalue weighted by molar-refractivity contribution is 0.101. The Morgan fingerprint density at radius 3 is 1.85 bits per heavy atom. The summed E-state index contributed by atoms with van der Waals surface area (Å²) in [5.74, 6) is 2.01. The molecule has 0 bridgehead atoms. The molecule has 2 heterocycles. The van der Waals surface area contributed by atoms with Crippen molar-refractivity contribution in [1.82, 2.24) is 14.7 Å². The van der Waals surface area contributed by atoms with Gasteiger partial charge in [-0.05, 0) is 64.3 Å². The molecule has 2 aliphatic heterocycles. The summed E-state index contributed by atoms with van der Waals surface area (Å²) < 4.78 is 0. The van der Waals surface area contributed by atoms with Crippen molar-refractivity contribution in [2.24, 2.45) is 11.8 Å². The summed E-state index contributed by atoms with van der Waals surface area (Å²) in [4.78, 5) is 7.37. The maximum absolute atomic E-state index is 2.54. The van der Waals surface area contributed by atoms with E-state index in [1.54, 1.807) is 0 Å². The first-order valence-electron chi connectivity index (χ1n) is 11.6. The van der Waals surface area contributed by atoms with Crippen LogP contribution in [0.1, 0.15) is 80.1 Å². The number of hydrogen-bond acceptors (Lipinski definition) is 3. The molecule has 158 valence electrons. The van der Waals surface area contributed by atoms with Crippen molar-refractivity contribution >= 4 is 0 Å². The molecular formula is C23H51N3. The number of rotatable bonds is 10. The highest BCUT2D eigenvalue weighted by atomic mass is 15.2. The van der Waals surface area contributed by atoms with E-state index in [1.807, 2.05) is 0 Å². The summed E-state index contributed by atoms with van der Waals surface area (Å²) in [6.45, 7) is 23.9. The maximum atomic E-state index is 2.54. The van der Waals surface area contributed by atoms with Crippen molar-refractivity contribution in [3.8, 4) is 0 Å². The van der Waals surface area contributed by atoms with Crippen LogP contribution in [-0.2, 0) is 0 Å². The van der Waals surface area contributed by atoms with Gasteiger partial charge in [-0.3, -0.25) is 0 Å². The van der Waals surface area contributed by atoms with Crippen molar-refractivity contribution in [1.29, 1.82) is 0 Å². The molecule has 0 aromatic heterocycles. The average Bonchev–Trinajstić information content (AvgIpc) is 2.59. The minimum absolute atomic E-state index is 0.974. The molecule has 0 saturated carbocycles. The fourth-order valence-electron chi connectivity index (χ4n) is 3.50. The smallest absolute Gasteiger partial charge is 0.00219 e.